The van der Waals surface area contributed by atoms with E-state index >= 15 is 0 Å². The molecule has 1 aromatic carbocycles. The van der Waals surface area contributed by atoms with E-state index in [4.69, 9.17) is 15.2 Å². The number of benzene rings is 1. The third-order valence-electron chi connectivity index (χ3n) is 2.90. The number of amides is 1. The van der Waals surface area contributed by atoms with Crippen LogP contribution in [0.4, 0.5) is 11.4 Å². The highest BCUT2D eigenvalue weighted by atomic mass is 16.6. The molecule has 1 heterocycles. The number of ether oxygens (including phenoxy) is 2. The van der Waals surface area contributed by atoms with Crippen molar-refractivity contribution in [2.24, 2.45) is 0 Å². The third-order valence-corrected chi connectivity index (χ3v) is 2.90. The molecule has 0 radical (unpaired) electrons. The van der Waals surface area contributed by atoms with Crippen LogP contribution in [-0.2, 0) is 20.7 Å². The maximum atomic E-state index is 11.9. The van der Waals surface area contributed by atoms with Gasteiger partial charge in [-0.1, -0.05) is 13.0 Å². The molecule has 1 saturated heterocycles. The highest BCUT2D eigenvalue weighted by Crippen LogP contribution is 2.19. The minimum Gasteiger partial charge on any atom is -0.398 e. The van der Waals surface area contributed by atoms with E-state index in [-0.39, 0.29) is 5.91 Å². The SMILES string of the molecule is CCc1ccc(NC(=O)C2COCCO2)cc1N. The molecule has 1 aliphatic heterocycles. The van der Waals surface area contributed by atoms with Crippen molar-refractivity contribution >= 4 is 17.3 Å². The van der Waals surface area contributed by atoms with Crippen molar-refractivity contribution < 1.29 is 14.3 Å². The van der Waals surface area contributed by atoms with E-state index in [2.05, 4.69) is 5.32 Å². The number of aryl methyl sites for hydroxylation is 1. The van der Waals surface area contributed by atoms with Crippen molar-refractivity contribution in [3.05, 3.63) is 23.8 Å². The number of nitrogens with two attached hydrogens (primary N) is 1. The number of rotatable bonds is 3. The first kappa shape index (κ1) is 12.9. The highest BCUT2D eigenvalue weighted by molar-refractivity contribution is 5.94. The van der Waals surface area contributed by atoms with Gasteiger partial charge in [0.2, 0.25) is 0 Å². The first-order valence-electron chi connectivity index (χ1n) is 6.09. The Morgan fingerprint density at radius 2 is 2.33 bits per heavy atom. The standard InChI is InChI=1S/C13H18N2O3/c1-2-9-3-4-10(7-11(9)14)15-13(16)12-8-17-5-6-18-12/h3-4,7,12H,2,5-6,8,14H2,1H3,(H,15,16). The molecule has 0 bridgehead atoms. The zero-order valence-corrected chi connectivity index (χ0v) is 10.4. The van der Waals surface area contributed by atoms with Crippen LogP contribution in [0.3, 0.4) is 0 Å². The van der Waals surface area contributed by atoms with Gasteiger partial charge in [0.05, 0.1) is 19.8 Å². The molecule has 0 saturated carbocycles. The number of hydrogen-bond donors (Lipinski definition) is 2. The van der Waals surface area contributed by atoms with Gasteiger partial charge in [0.15, 0.2) is 6.10 Å². The fraction of sp³-hybridized carbons (Fsp3) is 0.462. The van der Waals surface area contributed by atoms with Gasteiger partial charge in [-0.05, 0) is 24.1 Å². The van der Waals surface area contributed by atoms with Crippen LogP contribution in [0.1, 0.15) is 12.5 Å². The molecule has 18 heavy (non-hydrogen) atoms. The lowest BCUT2D eigenvalue weighted by molar-refractivity contribution is -0.142. The summed E-state index contributed by atoms with van der Waals surface area (Å²) >= 11 is 0. The van der Waals surface area contributed by atoms with Crippen LogP contribution >= 0.6 is 0 Å². The number of anilines is 2. The zero-order valence-electron chi connectivity index (χ0n) is 10.4. The number of carbonyl (C=O) groups excluding carboxylic acids is 1. The Kier molecular flexibility index (Phi) is 4.17. The minimum absolute atomic E-state index is 0.196. The molecule has 1 aromatic rings. The van der Waals surface area contributed by atoms with Crippen molar-refractivity contribution in [1.29, 1.82) is 0 Å². The third kappa shape index (κ3) is 3.00. The molecule has 98 valence electrons. The summed E-state index contributed by atoms with van der Waals surface area (Å²) in [6, 6.07) is 5.53. The molecule has 2 rings (SSSR count). The molecule has 5 nitrogen and oxygen atoms in total. The van der Waals surface area contributed by atoms with Gasteiger partial charge in [-0.2, -0.15) is 0 Å². The van der Waals surface area contributed by atoms with Gasteiger partial charge in [-0.15, -0.1) is 0 Å². The van der Waals surface area contributed by atoms with Crippen LogP contribution in [0.5, 0.6) is 0 Å². The monoisotopic (exact) mass is 250 g/mol. The summed E-state index contributed by atoms with van der Waals surface area (Å²) in [4.78, 5) is 11.9. The van der Waals surface area contributed by atoms with E-state index in [1.165, 1.54) is 0 Å². The Morgan fingerprint density at radius 1 is 1.50 bits per heavy atom. The van der Waals surface area contributed by atoms with E-state index in [1.807, 2.05) is 19.1 Å². The summed E-state index contributed by atoms with van der Waals surface area (Å²) in [7, 11) is 0. The molecular weight excluding hydrogens is 232 g/mol. The van der Waals surface area contributed by atoms with Crippen LogP contribution in [0.25, 0.3) is 0 Å². The lowest BCUT2D eigenvalue weighted by Gasteiger charge is -2.22. The summed E-state index contributed by atoms with van der Waals surface area (Å²) in [6.45, 7) is 3.34. The fourth-order valence-corrected chi connectivity index (χ4v) is 1.86. The van der Waals surface area contributed by atoms with Gasteiger partial charge in [0.1, 0.15) is 0 Å². The van der Waals surface area contributed by atoms with Gasteiger partial charge < -0.3 is 20.5 Å². The summed E-state index contributed by atoms with van der Waals surface area (Å²) in [5, 5.41) is 2.78. The molecule has 3 N–H and O–H groups in total. The topological polar surface area (TPSA) is 73.6 Å². The quantitative estimate of drug-likeness (QED) is 0.790. The molecule has 0 aliphatic carbocycles. The lowest BCUT2D eigenvalue weighted by atomic mass is 10.1. The summed E-state index contributed by atoms with van der Waals surface area (Å²) in [5.41, 5.74) is 8.33. The van der Waals surface area contributed by atoms with E-state index in [0.717, 1.165) is 12.0 Å². The normalized spacial score (nSPS) is 19.5. The maximum Gasteiger partial charge on any atom is 0.255 e. The van der Waals surface area contributed by atoms with Crippen molar-refractivity contribution in [3.8, 4) is 0 Å². The zero-order chi connectivity index (χ0) is 13.0. The average Bonchev–Trinajstić information content (AvgIpc) is 2.40. The molecule has 1 unspecified atom stereocenters. The second kappa shape index (κ2) is 5.84. The smallest absolute Gasteiger partial charge is 0.255 e. The Morgan fingerprint density at radius 3 is 2.94 bits per heavy atom. The minimum atomic E-state index is -0.536. The van der Waals surface area contributed by atoms with Crippen molar-refractivity contribution in [1.82, 2.24) is 0 Å². The Labute approximate surface area is 106 Å². The van der Waals surface area contributed by atoms with Gasteiger partial charge in [-0.3, -0.25) is 4.79 Å². The fourth-order valence-electron chi connectivity index (χ4n) is 1.86. The average molecular weight is 250 g/mol. The van der Waals surface area contributed by atoms with E-state index in [0.29, 0.717) is 31.2 Å². The van der Waals surface area contributed by atoms with Crippen molar-refractivity contribution in [3.63, 3.8) is 0 Å². The van der Waals surface area contributed by atoms with E-state index < -0.39 is 6.10 Å². The molecule has 5 heteroatoms. The first-order chi connectivity index (χ1) is 8.70. The Bertz CT molecular complexity index is 428. The molecule has 1 aliphatic rings. The summed E-state index contributed by atoms with van der Waals surface area (Å²) in [5.74, 6) is -0.196. The maximum absolute atomic E-state index is 11.9. The second-order valence-corrected chi connectivity index (χ2v) is 4.19. The molecule has 1 atom stereocenters. The highest BCUT2D eigenvalue weighted by Gasteiger charge is 2.22. The summed E-state index contributed by atoms with van der Waals surface area (Å²) in [6.07, 6.45) is 0.338. The van der Waals surface area contributed by atoms with Crippen LogP contribution in [-0.4, -0.2) is 31.8 Å². The van der Waals surface area contributed by atoms with E-state index in [9.17, 15) is 4.79 Å². The lowest BCUT2D eigenvalue weighted by Crippen LogP contribution is -2.39. The number of nitrogens with one attached hydrogen (secondary N) is 1. The van der Waals surface area contributed by atoms with E-state index in [1.54, 1.807) is 6.07 Å². The molecule has 1 amide bonds. The molecule has 1 fully saturated rings. The van der Waals surface area contributed by atoms with Gasteiger partial charge >= 0.3 is 0 Å². The Hall–Kier alpha value is -1.59. The predicted molar refractivity (Wildman–Crippen MR) is 69.4 cm³/mol. The molecule has 0 spiro atoms. The number of carbonyl (C=O) groups is 1. The van der Waals surface area contributed by atoms with Crippen LogP contribution in [0, 0.1) is 0 Å². The van der Waals surface area contributed by atoms with Gasteiger partial charge in [0, 0.05) is 11.4 Å². The van der Waals surface area contributed by atoms with Crippen LogP contribution in [0.2, 0.25) is 0 Å². The van der Waals surface area contributed by atoms with Crippen molar-refractivity contribution in [2.75, 3.05) is 30.9 Å². The largest absolute Gasteiger partial charge is 0.398 e. The second-order valence-electron chi connectivity index (χ2n) is 4.19. The first-order valence-corrected chi connectivity index (χ1v) is 6.09. The number of nitrogen functional groups attached to an aromatic ring is 1. The Balaban J connectivity index is 2.00. The van der Waals surface area contributed by atoms with Gasteiger partial charge in [0.25, 0.3) is 5.91 Å². The molecular formula is C13H18N2O3. The van der Waals surface area contributed by atoms with Crippen molar-refractivity contribution in [2.45, 2.75) is 19.4 Å². The molecule has 0 aromatic heterocycles. The van der Waals surface area contributed by atoms with Crippen LogP contribution in [0.15, 0.2) is 18.2 Å². The van der Waals surface area contributed by atoms with Gasteiger partial charge in [-0.25, -0.2) is 0 Å². The number of hydrogen-bond acceptors (Lipinski definition) is 4. The van der Waals surface area contributed by atoms with Crippen LogP contribution < -0.4 is 11.1 Å². The predicted octanol–water partition coefficient (Wildman–Crippen LogP) is 1.19. The summed E-state index contributed by atoms with van der Waals surface area (Å²) < 4.78 is 10.5.